The molecule has 0 fully saturated rings. The molecule has 0 unspecified atom stereocenters. The largest absolute Gasteiger partial charge is 0.223 e. The maximum absolute atomic E-state index is 12.5. The summed E-state index contributed by atoms with van der Waals surface area (Å²) in [6.45, 7) is 9.61. The molecule has 0 bridgehead atoms. The lowest BCUT2D eigenvalue weighted by molar-refractivity contribution is 0.522. The topological polar surface area (TPSA) is 34.1 Å². The first kappa shape index (κ1) is 17.7. The first-order valence-electron chi connectivity index (χ1n) is 7.93. The summed E-state index contributed by atoms with van der Waals surface area (Å²) in [5.41, 5.74) is 2.43. The Hall–Kier alpha value is -1.61. The van der Waals surface area contributed by atoms with E-state index < -0.39 is 14.6 Å². The third-order valence-electron chi connectivity index (χ3n) is 4.24. The van der Waals surface area contributed by atoms with E-state index in [0.29, 0.717) is 4.90 Å². The number of benzene rings is 2. The van der Waals surface area contributed by atoms with Gasteiger partial charge in [-0.2, -0.15) is 0 Å². The highest BCUT2D eigenvalue weighted by molar-refractivity contribution is 7.92. The predicted octanol–water partition coefficient (Wildman–Crippen LogP) is 4.78. The molecular formula is C20H26O2S. The zero-order valence-corrected chi connectivity index (χ0v) is 15.4. The minimum absolute atomic E-state index is 0.00563. The van der Waals surface area contributed by atoms with Gasteiger partial charge in [0, 0.05) is 0 Å². The lowest BCUT2D eigenvalue weighted by Crippen LogP contribution is -2.28. The van der Waals surface area contributed by atoms with E-state index >= 15 is 0 Å². The van der Waals surface area contributed by atoms with Crippen LogP contribution in [-0.2, 0) is 21.7 Å². The number of hydrogen-bond donors (Lipinski definition) is 0. The molecule has 23 heavy (non-hydrogen) atoms. The summed E-state index contributed by atoms with van der Waals surface area (Å²) in [4.78, 5) is 0.395. The van der Waals surface area contributed by atoms with Crippen LogP contribution in [0.4, 0.5) is 0 Å². The monoisotopic (exact) mass is 330 g/mol. The number of sulfone groups is 1. The Labute approximate surface area is 140 Å². The van der Waals surface area contributed by atoms with Crippen molar-refractivity contribution in [2.45, 2.75) is 56.1 Å². The highest BCUT2D eigenvalue weighted by atomic mass is 32.2. The Morgan fingerprint density at radius 2 is 1.30 bits per heavy atom. The molecule has 0 aliphatic rings. The van der Waals surface area contributed by atoms with E-state index in [0.717, 1.165) is 12.0 Å². The van der Waals surface area contributed by atoms with Crippen molar-refractivity contribution < 1.29 is 8.42 Å². The molecule has 0 aliphatic heterocycles. The smallest absolute Gasteiger partial charge is 0.183 e. The molecule has 2 aromatic carbocycles. The third-order valence-corrected chi connectivity index (χ3v) is 6.75. The molecule has 0 radical (unpaired) electrons. The van der Waals surface area contributed by atoms with Gasteiger partial charge in [-0.1, -0.05) is 56.3 Å². The quantitative estimate of drug-likeness (QED) is 0.808. The van der Waals surface area contributed by atoms with E-state index in [9.17, 15) is 8.42 Å². The molecule has 3 heteroatoms. The summed E-state index contributed by atoms with van der Waals surface area (Å²) in [5.74, 6) is 0. The zero-order valence-electron chi connectivity index (χ0n) is 14.6. The van der Waals surface area contributed by atoms with Gasteiger partial charge in [-0.3, -0.25) is 0 Å². The second-order valence-corrected chi connectivity index (χ2v) is 10.4. The zero-order chi connectivity index (χ0) is 17.3. The Kier molecular flexibility index (Phi) is 4.72. The van der Waals surface area contributed by atoms with Gasteiger partial charge in [0.1, 0.15) is 0 Å². The second-order valence-electron chi connectivity index (χ2n) is 7.69. The molecule has 0 N–H and O–H groups in total. The predicted molar refractivity (Wildman–Crippen MR) is 96.6 cm³/mol. The molecule has 0 heterocycles. The third kappa shape index (κ3) is 3.84. The van der Waals surface area contributed by atoms with Crippen LogP contribution in [0, 0.1) is 0 Å². The van der Waals surface area contributed by atoms with Gasteiger partial charge in [0.15, 0.2) is 9.84 Å². The lowest BCUT2D eigenvalue weighted by Gasteiger charge is -2.26. The first-order chi connectivity index (χ1) is 10.5. The molecule has 2 aromatic rings. The molecule has 2 nitrogen and oxygen atoms in total. The lowest BCUT2D eigenvalue weighted by atomic mass is 9.79. The highest BCUT2D eigenvalue weighted by Gasteiger charge is 2.30. The minimum Gasteiger partial charge on any atom is -0.223 e. The molecule has 0 atom stereocenters. The Morgan fingerprint density at radius 1 is 0.783 bits per heavy atom. The standard InChI is InChI=1S/C20H26O2S/c1-19(2,3)23(21,22)18-13-11-16(12-14-18)15-20(4,5)17-9-7-6-8-10-17/h6-14H,15H2,1-5H3. The second kappa shape index (κ2) is 6.12. The molecule has 0 amide bonds. The van der Waals surface area contributed by atoms with Crippen LogP contribution in [0.15, 0.2) is 59.5 Å². The summed E-state index contributed by atoms with van der Waals surface area (Å²) < 4.78 is 24.2. The van der Waals surface area contributed by atoms with Crippen LogP contribution in [0.2, 0.25) is 0 Å². The normalized spacial score (nSPS) is 13.1. The molecule has 0 aliphatic carbocycles. The minimum atomic E-state index is -3.29. The molecule has 0 aromatic heterocycles. The van der Waals surface area contributed by atoms with Crippen LogP contribution in [0.3, 0.4) is 0 Å². The van der Waals surface area contributed by atoms with Gasteiger partial charge < -0.3 is 0 Å². The first-order valence-corrected chi connectivity index (χ1v) is 9.41. The summed E-state index contributed by atoms with van der Waals surface area (Å²) in [6.07, 6.45) is 0.868. The summed E-state index contributed by atoms with van der Waals surface area (Å²) >= 11 is 0. The maximum atomic E-state index is 12.5. The Bertz CT molecular complexity index is 750. The van der Waals surface area contributed by atoms with Gasteiger partial charge in [0.2, 0.25) is 0 Å². The van der Waals surface area contributed by atoms with Crippen LogP contribution >= 0.6 is 0 Å². The summed E-state index contributed by atoms with van der Waals surface area (Å²) in [7, 11) is -3.29. The van der Waals surface area contributed by atoms with Crippen LogP contribution in [0.1, 0.15) is 45.7 Å². The summed E-state index contributed by atoms with van der Waals surface area (Å²) in [6, 6.07) is 17.7. The van der Waals surface area contributed by atoms with Gasteiger partial charge in [-0.05, 0) is 55.9 Å². The van der Waals surface area contributed by atoms with Crippen molar-refractivity contribution in [2.24, 2.45) is 0 Å². The fourth-order valence-electron chi connectivity index (χ4n) is 2.64. The van der Waals surface area contributed by atoms with Crippen LogP contribution in [0.5, 0.6) is 0 Å². The Balaban J connectivity index is 2.25. The fourth-order valence-corrected chi connectivity index (χ4v) is 3.84. The van der Waals surface area contributed by atoms with E-state index in [4.69, 9.17) is 0 Å². The van der Waals surface area contributed by atoms with E-state index in [2.05, 4.69) is 38.1 Å². The van der Waals surface area contributed by atoms with Gasteiger partial charge in [-0.25, -0.2) is 8.42 Å². The van der Waals surface area contributed by atoms with Crippen molar-refractivity contribution in [2.75, 3.05) is 0 Å². The van der Waals surface area contributed by atoms with Crippen molar-refractivity contribution in [3.8, 4) is 0 Å². The Morgan fingerprint density at radius 3 is 1.78 bits per heavy atom. The molecule has 2 rings (SSSR count). The molecule has 0 spiro atoms. The SMILES string of the molecule is CC(C)(Cc1ccc(S(=O)(=O)C(C)(C)C)cc1)c1ccccc1. The number of hydrogen-bond acceptors (Lipinski definition) is 2. The van der Waals surface area contributed by atoms with Gasteiger partial charge in [-0.15, -0.1) is 0 Å². The molecular weight excluding hydrogens is 304 g/mol. The van der Waals surface area contributed by atoms with Crippen molar-refractivity contribution in [3.05, 3.63) is 65.7 Å². The van der Waals surface area contributed by atoms with Crippen LogP contribution in [0.25, 0.3) is 0 Å². The maximum Gasteiger partial charge on any atom is 0.183 e. The molecule has 124 valence electrons. The van der Waals surface area contributed by atoms with Crippen molar-refractivity contribution >= 4 is 9.84 Å². The van der Waals surface area contributed by atoms with Crippen LogP contribution < -0.4 is 0 Å². The fraction of sp³-hybridized carbons (Fsp3) is 0.400. The van der Waals surface area contributed by atoms with Gasteiger partial charge >= 0.3 is 0 Å². The van der Waals surface area contributed by atoms with Crippen molar-refractivity contribution in [1.29, 1.82) is 0 Å². The van der Waals surface area contributed by atoms with Gasteiger partial charge in [0.25, 0.3) is 0 Å². The average molecular weight is 330 g/mol. The summed E-state index contributed by atoms with van der Waals surface area (Å²) in [5, 5.41) is 0. The number of rotatable bonds is 4. The van der Waals surface area contributed by atoms with E-state index in [-0.39, 0.29) is 5.41 Å². The molecule has 0 saturated carbocycles. The highest BCUT2D eigenvalue weighted by Crippen LogP contribution is 2.29. The van der Waals surface area contributed by atoms with Crippen LogP contribution in [-0.4, -0.2) is 13.2 Å². The van der Waals surface area contributed by atoms with Crippen molar-refractivity contribution in [1.82, 2.24) is 0 Å². The molecule has 0 saturated heterocycles. The van der Waals surface area contributed by atoms with E-state index in [1.165, 1.54) is 5.56 Å². The van der Waals surface area contributed by atoms with Crippen molar-refractivity contribution in [3.63, 3.8) is 0 Å². The van der Waals surface area contributed by atoms with E-state index in [1.807, 2.05) is 18.2 Å². The van der Waals surface area contributed by atoms with Gasteiger partial charge in [0.05, 0.1) is 9.64 Å². The average Bonchev–Trinajstić information content (AvgIpc) is 2.47. The van der Waals surface area contributed by atoms with E-state index in [1.54, 1.807) is 32.9 Å².